The first-order chi connectivity index (χ1) is 15.2. The van der Waals surface area contributed by atoms with Crippen LogP contribution in [0.4, 0.5) is 0 Å². The summed E-state index contributed by atoms with van der Waals surface area (Å²) in [6.45, 7) is -0.607. The third-order valence-electron chi connectivity index (χ3n) is 5.11. The van der Waals surface area contributed by atoms with E-state index in [1.165, 1.54) is 25.3 Å². The molecule has 11 nitrogen and oxygen atoms in total. The maximum Gasteiger partial charge on any atom is 0.239 e. The minimum absolute atomic E-state index is 0.0667. The minimum atomic E-state index is -1.60. The van der Waals surface area contributed by atoms with Gasteiger partial charge in [-0.1, -0.05) is 0 Å². The molecule has 4 atom stereocenters. The molecule has 11 heteroatoms. The zero-order valence-corrected chi connectivity index (χ0v) is 16.6. The van der Waals surface area contributed by atoms with Gasteiger partial charge in [-0.2, -0.15) is 0 Å². The third kappa shape index (κ3) is 3.56. The number of ether oxygens (including phenoxy) is 3. The van der Waals surface area contributed by atoms with Crippen LogP contribution in [0.1, 0.15) is 0 Å². The van der Waals surface area contributed by atoms with Gasteiger partial charge in [-0.25, -0.2) is 0 Å². The average molecular weight is 448 g/mol. The monoisotopic (exact) mass is 448 g/mol. The number of hydrogen-bond donors (Lipinski definition) is 6. The van der Waals surface area contributed by atoms with E-state index in [-0.39, 0.29) is 28.0 Å². The van der Waals surface area contributed by atoms with E-state index in [0.717, 1.165) is 12.1 Å². The van der Waals surface area contributed by atoms with Gasteiger partial charge in [0, 0.05) is 17.7 Å². The highest BCUT2D eigenvalue weighted by Crippen LogP contribution is 2.39. The molecule has 0 bridgehead atoms. The van der Waals surface area contributed by atoms with Crippen LogP contribution in [-0.4, -0.2) is 69.0 Å². The van der Waals surface area contributed by atoms with E-state index in [1.807, 2.05) is 0 Å². The first-order valence-corrected chi connectivity index (χ1v) is 9.44. The Kier molecular flexibility index (Phi) is 5.57. The van der Waals surface area contributed by atoms with Crippen LogP contribution in [0.5, 0.6) is 28.7 Å². The average Bonchev–Trinajstić information content (AvgIpc) is 3.04. The molecule has 2 aromatic carbocycles. The lowest BCUT2D eigenvalue weighted by molar-refractivity contribution is -0.117. The standard InChI is InChI=1S/C21H20O11/c1-29-9-5-12(25)15-13(6-9)30-19(8-2-3-10(23)11(24)4-8)20(17(15)27)32-21-18(28)16(26)14(7-22)31-21/h2-6,14,16,18,21-26,28H,7H2,1H3/t14-,16-,18+,21-/m1/s1. The molecule has 0 spiro atoms. The van der Waals surface area contributed by atoms with Crippen molar-refractivity contribution >= 4 is 11.0 Å². The molecule has 3 aromatic rings. The Labute approximate surface area is 179 Å². The number of benzene rings is 2. The summed E-state index contributed by atoms with van der Waals surface area (Å²) in [5.41, 5.74) is -0.794. The van der Waals surface area contributed by atoms with Gasteiger partial charge >= 0.3 is 0 Å². The first-order valence-electron chi connectivity index (χ1n) is 9.44. The SMILES string of the molecule is COc1cc(O)c2c(=O)c(O[C@H]3O[C@H](CO)[C@@H](O)[C@@H]3O)c(-c3ccc(O)c(O)c3)oc2c1. The third-order valence-corrected chi connectivity index (χ3v) is 5.11. The van der Waals surface area contributed by atoms with E-state index in [0.29, 0.717) is 0 Å². The second-order valence-corrected chi connectivity index (χ2v) is 7.14. The van der Waals surface area contributed by atoms with Gasteiger partial charge in [0.2, 0.25) is 17.5 Å². The van der Waals surface area contributed by atoms with E-state index < -0.39 is 59.6 Å². The molecule has 0 unspecified atom stereocenters. The molecular formula is C21H20O11. The molecule has 0 saturated carbocycles. The zero-order valence-electron chi connectivity index (χ0n) is 16.6. The van der Waals surface area contributed by atoms with Crippen molar-refractivity contribution in [2.45, 2.75) is 24.6 Å². The summed E-state index contributed by atoms with van der Waals surface area (Å²) >= 11 is 0. The Morgan fingerprint density at radius 1 is 1.00 bits per heavy atom. The fourth-order valence-electron chi connectivity index (χ4n) is 3.42. The molecule has 6 N–H and O–H groups in total. The Morgan fingerprint density at radius 3 is 2.38 bits per heavy atom. The number of phenolic OH excluding ortho intramolecular Hbond substituents is 3. The summed E-state index contributed by atoms with van der Waals surface area (Å²) < 4.78 is 21.7. The maximum atomic E-state index is 13.3. The van der Waals surface area contributed by atoms with E-state index in [1.54, 1.807) is 0 Å². The Morgan fingerprint density at radius 2 is 1.75 bits per heavy atom. The van der Waals surface area contributed by atoms with Gasteiger partial charge in [-0.15, -0.1) is 0 Å². The molecular weight excluding hydrogens is 428 g/mol. The quantitative estimate of drug-likeness (QED) is 0.298. The number of aliphatic hydroxyl groups is 3. The number of fused-ring (bicyclic) bond motifs is 1. The predicted molar refractivity (Wildman–Crippen MR) is 108 cm³/mol. The van der Waals surface area contributed by atoms with Crippen LogP contribution in [0, 0.1) is 0 Å². The first kappa shape index (κ1) is 21.7. The number of aliphatic hydroxyl groups excluding tert-OH is 3. The van der Waals surface area contributed by atoms with Crippen molar-refractivity contribution in [1.82, 2.24) is 0 Å². The smallest absolute Gasteiger partial charge is 0.239 e. The summed E-state index contributed by atoms with van der Waals surface area (Å²) in [5, 5.41) is 59.1. The Bertz CT molecular complexity index is 1220. The van der Waals surface area contributed by atoms with Gasteiger partial charge in [0.05, 0.1) is 13.7 Å². The normalized spacial score (nSPS) is 22.9. The van der Waals surface area contributed by atoms with Gasteiger partial charge < -0.3 is 49.3 Å². The number of rotatable bonds is 5. The molecule has 1 saturated heterocycles. The van der Waals surface area contributed by atoms with E-state index >= 15 is 0 Å². The zero-order chi connectivity index (χ0) is 23.2. The van der Waals surface area contributed by atoms with Crippen LogP contribution >= 0.6 is 0 Å². The van der Waals surface area contributed by atoms with Crippen molar-refractivity contribution in [1.29, 1.82) is 0 Å². The van der Waals surface area contributed by atoms with E-state index in [4.69, 9.17) is 18.6 Å². The van der Waals surface area contributed by atoms with Crippen LogP contribution in [-0.2, 0) is 4.74 Å². The predicted octanol–water partition coefficient (Wildman–Crippen LogP) is 0.403. The molecule has 1 aliphatic rings. The van der Waals surface area contributed by atoms with Crippen LogP contribution in [0.15, 0.2) is 39.5 Å². The minimum Gasteiger partial charge on any atom is -0.507 e. The van der Waals surface area contributed by atoms with E-state index in [9.17, 15) is 35.4 Å². The second-order valence-electron chi connectivity index (χ2n) is 7.14. The summed E-state index contributed by atoms with van der Waals surface area (Å²) in [7, 11) is 1.36. The van der Waals surface area contributed by atoms with Crippen LogP contribution in [0.2, 0.25) is 0 Å². The van der Waals surface area contributed by atoms with Crippen LogP contribution < -0.4 is 14.9 Å². The second kappa shape index (κ2) is 8.20. The maximum absolute atomic E-state index is 13.3. The van der Waals surface area contributed by atoms with Crippen molar-refractivity contribution in [2.75, 3.05) is 13.7 Å². The van der Waals surface area contributed by atoms with Crippen molar-refractivity contribution < 1.29 is 49.3 Å². The summed E-state index contributed by atoms with van der Waals surface area (Å²) in [4.78, 5) is 13.3. The highest BCUT2D eigenvalue weighted by atomic mass is 16.7. The number of phenols is 3. The lowest BCUT2D eigenvalue weighted by atomic mass is 10.1. The largest absolute Gasteiger partial charge is 0.507 e. The molecule has 170 valence electrons. The molecule has 0 amide bonds. The van der Waals surface area contributed by atoms with Gasteiger partial charge in [0.15, 0.2) is 17.3 Å². The fraction of sp³-hybridized carbons (Fsp3) is 0.286. The molecule has 0 aliphatic carbocycles. The van der Waals surface area contributed by atoms with Gasteiger partial charge in [-0.05, 0) is 18.2 Å². The van der Waals surface area contributed by atoms with Crippen molar-refractivity contribution in [3.8, 4) is 40.1 Å². The number of methoxy groups -OCH3 is 1. The Hall–Kier alpha value is -3.51. The number of hydrogen-bond acceptors (Lipinski definition) is 11. The van der Waals surface area contributed by atoms with Crippen molar-refractivity contribution in [3.63, 3.8) is 0 Å². The highest BCUT2D eigenvalue weighted by molar-refractivity contribution is 5.88. The molecule has 1 fully saturated rings. The lowest BCUT2D eigenvalue weighted by Gasteiger charge is -2.19. The van der Waals surface area contributed by atoms with Gasteiger partial charge in [0.1, 0.15) is 40.8 Å². The van der Waals surface area contributed by atoms with Gasteiger partial charge in [0.25, 0.3) is 0 Å². The molecule has 0 radical (unpaired) electrons. The molecule has 4 rings (SSSR count). The van der Waals surface area contributed by atoms with Crippen LogP contribution in [0.25, 0.3) is 22.3 Å². The van der Waals surface area contributed by atoms with E-state index in [2.05, 4.69) is 0 Å². The summed E-state index contributed by atoms with van der Waals surface area (Å²) in [6.07, 6.45) is -5.78. The fourth-order valence-corrected chi connectivity index (χ4v) is 3.42. The van der Waals surface area contributed by atoms with Gasteiger partial charge in [-0.3, -0.25) is 4.79 Å². The molecule has 1 aliphatic heterocycles. The molecule has 2 heterocycles. The molecule has 1 aromatic heterocycles. The topological polar surface area (TPSA) is 179 Å². The summed E-state index contributed by atoms with van der Waals surface area (Å²) in [5.74, 6) is -1.89. The highest BCUT2D eigenvalue weighted by Gasteiger charge is 2.44. The van der Waals surface area contributed by atoms with Crippen LogP contribution in [0.3, 0.4) is 0 Å². The lowest BCUT2D eigenvalue weighted by Crippen LogP contribution is -2.36. The van der Waals surface area contributed by atoms with Crippen molar-refractivity contribution in [2.24, 2.45) is 0 Å². The Balaban J connectivity index is 1.93. The molecule has 32 heavy (non-hydrogen) atoms. The van der Waals surface area contributed by atoms with Crippen molar-refractivity contribution in [3.05, 3.63) is 40.6 Å². The number of aromatic hydroxyl groups is 3. The summed E-state index contributed by atoms with van der Waals surface area (Å²) in [6, 6.07) is 6.17.